The second-order valence-corrected chi connectivity index (χ2v) is 3.88. The summed E-state index contributed by atoms with van der Waals surface area (Å²) in [5, 5.41) is 17.7. The third kappa shape index (κ3) is 1.96. The topological polar surface area (TPSA) is 99.9 Å². The number of hydrogen-bond donors (Lipinski definition) is 1. The molecule has 0 aliphatic heterocycles. The van der Waals surface area contributed by atoms with Crippen LogP contribution in [0.3, 0.4) is 0 Å². The smallest absolute Gasteiger partial charge is 0.358 e. The summed E-state index contributed by atoms with van der Waals surface area (Å²) in [5.41, 5.74) is 5.57. The van der Waals surface area contributed by atoms with Gasteiger partial charge >= 0.3 is 5.82 Å². The van der Waals surface area contributed by atoms with Gasteiger partial charge in [0.1, 0.15) is 11.3 Å². The van der Waals surface area contributed by atoms with Crippen LogP contribution in [-0.2, 0) is 0 Å². The van der Waals surface area contributed by atoms with Crippen LogP contribution in [0.1, 0.15) is 25.3 Å². The lowest BCUT2D eigenvalue weighted by Gasteiger charge is -2.07. The molecule has 0 saturated heterocycles. The first-order chi connectivity index (χ1) is 7.20. The van der Waals surface area contributed by atoms with Crippen molar-refractivity contribution in [3.8, 4) is 0 Å². The first-order valence-corrected chi connectivity index (χ1v) is 4.97. The first-order valence-electron chi connectivity index (χ1n) is 4.97. The van der Waals surface area contributed by atoms with Gasteiger partial charge in [-0.05, 0) is 36.6 Å². The molecule has 2 rings (SSSR count). The molecule has 0 amide bonds. The highest BCUT2D eigenvalue weighted by Crippen LogP contribution is 2.33. The molecular weight excluding hydrogens is 198 g/mol. The second-order valence-electron chi connectivity index (χ2n) is 3.88. The monoisotopic (exact) mass is 211 g/mol. The highest BCUT2D eigenvalue weighted by Gasteiger charge is 2.27. The molecule has 1 aliphatic rings. The van der Waals surface area contributed by atoms with Gasteiger partial charge in [0.2, 0.25) is 0 Å². The van der Waals surface area contributed by atoms with E-state index in [-0.39, 0.29) is 11.9 Å². The zero-order valence-electron chi connectivity index (χ0n) is 8.24. The predicted octanol–water partition coefficient (Wildman–Crippen LogP) is 0.486. The lowest BCUT2D eigenvalue weighted by molar-refractivity contribution is -0.389. The van der Waals surface area contributed by atoms with Crippen LogP contribution in [0.5, 0.6) is 0 Å². The molecule has 0 bridgehead atoms. The molecule has 2 N–H and O–H groups in total. The molecule has 15 heavy (non-hydrogen) atoms. The molecule has 0 spiro atoms. The van der Waals surface area contributed by atoms with Crippen molar-refractivity contribution in [1.29, 1.82) is 0 Å². The number of aromatic nitrogens is 3. The average Bonchev–Trinajstić information content (AvgIpc) is 2.86. The lowest BCUT2D eigenvalue weighted by Crippen LogP contribution is -2.12. The summed E-state index contributed by atoms with van der Waals surface area (Å²) in [5.74, 6) is 0.324. The summed E-state index contributed by atoms with van der Waals surface area (Å²) in [4.78, 5) is 9.89. The van der Waals surface area contributed by atoms with E-state index < -0.39 is 4.92 Å². The van der Waals surface area contributed by atoms with E-state index in [4.69, 9.17) is 5.73 Å². The van der Waals surface area contributed by atoms with Crippen LogP contribution in [0.25, 0.3) is 0 Å². The van der Waals surface area contributed by atoms with Gasteiger partial charge < -0.3 is 15.8 Å². The van der Waals surface area contributed by atoms with Gasteiger partial charge in [-0.3, -0.25) is 0 Å². The van der Waals surface area contributed by atoms with Crippen molar-refractivity contribution in [3.63, 3.8) is 0 Å². The van der Waals surface area contributed by atoms with Crippen molar-refractivity contribution in [2.75, 3.05) is 6.54 Å². The van der Waals surface area contributed by atoms with Crippen LogP contribution in [0.2, 0.25) is 0 Å². The van der Waals surface area contributed by atoms with Crippen molar-refractivity contribution < 1.29 is 4.92 Å². The molecule has 7 heteroatoms. The lowest BCUT2D eigenvalue weighted by atomic mass is 10.1. The summed E-state index contributed by atoms with van der Waals surface area (Å²) in [6, 6.07) is 0.222. The van der Waals surface area contributed by atoms with Gasteiger partial charge in [-0.25, -0.2) is 4.68 Å². The molecule has 1 fully saturated rings. The fraction of sp³-hybridized carbons (Fsp3) is 0.750. The van der Waals surface area contributed by atoms with Crippen LogP contribution in [0.4, 0.5) is 5.82 Å². The number of nitrogens with two attached hydrogens (primary N) is 1. The SMILES string of the molecule is NCC1CCC(n2cc([N+](=O)[O-])nn2)C1. The van der Waals surface area contributed by atoms with Gasteiger partial charge in [0, 0.05) is 0 Å². The Hall–Kier alpha value is -1.50. The van der Waals surface area contributed by atoms with Crippen LogP contribution in [-0.4, -0.2) is 26.5 Å². The molecule has 1 aromatic rings. The number of nitro groups is 1. The fourth-order valence-electron chi connectivity index (χ4n) is 2.03. The molecule has 2 unspecified atom stereocenters. The van der Waals surface area contributed by atoms with Crippen LogP contribution in [0.15, 0.2) is 6.20 Å². The standard InChI is InChI=1S/C8H13N5O2/c9-4-6-1-2-7(3-6)12-5-8(10-11-12)13(14)15/h5-7H,1-4,9H2. The van der Waals surface area contributed by atoms with E-state index in [1.54, 1.807) is 4.68 Å². The molecule has 1 aromatic heterocycles. The van der Waals surface area contributed by atoms with E-state index in [1.807, 2.05) is 0 Å². The molecule has 7 nitrogen and oxygen atoms in total. The minimum Gasteiger partial charge on any atom is -0.358 e. The molecule has 1 heterocycles. The highest BCUT2D eigenvalue weighted by atomic mass is 16.6. The third-order valence-electron chi connectivity index (χ3n) is 2.91. The minimum atomic E-state index is -0.529. The minimum absolute atomic E-state index is 0.189. The second kappa shape index (κ2) is 3.93. The van der Waals surface area contributed by atoms with E-state index >= 15 is 0 Å². The molecule has 82 valence electrons. The average molecular weight is 211 g/mol. The summed E-state index contributed by atoms with van der Waals surface area (Å²) in [7, 11) is 0. The molecule has 1 saturated carbocycles. The fourth-order valence-corrected chi connectivity index (χ4v) is 2.03. The molecule has 2 atom stereocenters. The Morgan fingerprint density at radius 3 is 3.00 bits per heavy atom. The van der Waals surface area contributed by atoms with Gasteiger partial charge in [-0.2, -0.15) is 0 Å². The summed E-state index contributed by atoms with van der Waals surface area (Å²) >= 11 is 0. The Morgan fingerprint density at radius 1 is 1.67 bits per heavy atom. The molecule has 1 aliphatic carbocycles. The van der Waals surface area contributed by atoms with Gasteiger partial charge in [0.15, 0.2) is 0 Å². The zero-order valence-corrected chi connectivity index (χ0v) is 8.24. The Labute approximate surface area is 86.4 Å². The van der Waals surface area contributed by atoms with E-state index in [0.717, 1.165) is 19.3 Å². The Balaban J connectivity index is 2.07. The van der Waals surface area contributed by atoms with Gasteiger partial charge in [0.05, 0.1) is 11.3 Å². The summed E-state index contributed by atoms with van der Waals surface area (Å²) in [6.07, 6.45) is 4.37. The largest absolute Gasteiger partial charge is 0.410 e. The normalized spacial score (nSPS) is 25.7. The van der Waals surface area contributed by atoms with Crippen molar-refractivity contribution in [3.05, 3.63) is 16.3 Å². The third-order valence-corrected chi connectivity index (χ3v) is 2.91. The van der Waals surface area contributed by atoms with Crippen molar-refractivity contribution in [2.24, 2.45) is 11.7 Å². The Morgan fingerprint density at radius 2 is 2.47 bits per heavy atom. The van der Waals surface area contributed by atoms with Crippen LogP contribution < -0.4 is 5.73 Å². The van der Waals surface area contributed by atoms with Gasteiger partial charge in [-0.1, -0.05) is 0 Å². The number of rotatable bonds is 3. The maximum Gasteiger partial charge on any atom is 0.410 e. The summed E-state index contributed by atoms with van der Waals surface area (Å²) in [6.45, 7) is 0.674. The molecule has 0 aromatic carbocycles. The van der Waals surface area contributed by atoms with Gasteiger partial charge in [0.25, 0.3) is 0 Å². The maximum atomic E-state index is 10.4. The quantitative estimate of drug-likeness (QED) is 0.579. The maximum absolute atomic E-state index is 10.4. The van der Waals surface area contributed by atoms with Crippen LogP contribution in [0, 0.1) is 16.0 Å². The molecular formula is C8H13N5O2. The molecule has 0 radical (unpaired) electrons. The van der Waals surface area contributed by atoms with Crippen LogP contribution >= 0.6 is 0 Å². The number of hydrogen-bond acceptors (Lipinski definition) is 5. The zero-order chi connectivity index (χ0) is 10.8. The Bertz CT molecular complexity index is 364. The van der Waals surface area contributed by atoms with E-state index in [2.05, 4.69) is 10.3 Å². The highest BCUT2D eigenvalue weighted by molar-refractivity contribution is 5.09. The van der Waals surface area contributed by atoms with Crippen molar-refractivity contribution in [2.45, 2.75) is 25.3 Å². The van der Waals surface area contributed by atoms with Gasteiger partial charge in [-0.15, -0.1) is 0 Å². The van der Waals surface area contributed by atoms with Crippen molar-refractivity contribution >= 4 is 5.82 Å². The predicted molar refractivity (Wildman–Crippen MR) is 52.1 cm³/mol. The number of nitrogens with zero attached hydrogens (tertiary/aromatic N) is 4. The first kappa shape index (κ1) is 10.0. The Kier molecular flexibility index (Phi) is 2.63. The van der Waals surface area contributed by atoms with E-state index in [9.17, 15) is 10.1 Å². The van der Waals surface area contributed by atoms with E-state index in [1.165, 1.54) is 6.20 Å². The van der Waals surface area contributed by atoms with Crippen molar-refractivity contribution in [1.82, 2.24) is 15.0 Å². The van der Waals surface area contributed by atoms with E-state index in [0.29, 0.717) is 12.5 Å². The summed E-state index contributed by atoms with van der Waals surface area (Å²) < 4.78 is 1.59.